The molecule has 4 N–H and O–H groups in total. The van der Waals surface area contributed by atoms with Crippen LogP contribution in [0.2, 0.25) is 0 Å². The lowest BCUT2D eigenvalue weighted by Gasteiger charge is -2.02. The average molecular weight is 334 g/mol. The van der Waals surface area contributed by atoms with Gasteiger partial charge in [0.2, 0.25) is 0 Å². The van der Waals surface area contributed by atoms with Crippen LogP contribution in [0.1, 0.15) is 16.9 Å². The Morgan fingerprint density at radius 2 is 1.86 bits per heavy atom. The van der Waals surface area contributed by atoms with Crippen LogP contribution < -0.4 is 5.73 Å². The maximum atomic E-state index is 11.2. The summed E-state index contributed by atoms with van der Waals surface area (Å²) in [6.45, 7) is 0.948. The largest absolute Gasteiger partial charge is 0.508 e. The van der Waals surface area contributed by atoms with Crippen molar-refractivity contribution in [2.24, 2.45) is 5.73 Å². The number of aromatic carboxylic acids is 1. The van der Waals surface area contributed by atoms with Gasteiger partial charge in [-0.25, -0.2) is 4.79 Å². The summed E-state index contributed by atoms with van der Waals surface area (Å²) in [5.41, 5.74) is 6.88. The number of hydrogen-bond acceptors (Lipinski definition) is 4. The zero-order chi connectivity index (χ0) is 13.8. The summed E-state index contributed by atoms with van der Waals surface area (Å²) in [6, 6.07) is 7.97. The zero-order valence-electron chi connectivity index (χ0n) is 11.1. The molecule has 0 amide bonds. The second-order valence-electron chi connectivity index (χ2n) is 4.13. The fraction of sp³-hybridized carbons (Fsp3) is 0.231. The molecule has 116 valence electrons. The molecule has 0 spiro atoms. The molecule has 0 radical (unpaired) electrons. The molecule has 1 aromatic heterocycles. The molecule has 2 rings (SSSR count). The van der Waals surface area contributed by atoms with Crippen LogP contribution in [0.3, 0.4) is 0 Å². The van der Waals surface area contributed by atoms with Crippen molar-refractivity contribution in [1.29, 1.82) is 0 Å². The molecule has 0 aliphatic rings. The van der Waals surface area contributed by atoms with Crippen LogP contribution in [0.25, 0.3) is 11.3 Å². The van der Waals surface area contributed by atoms with Crippen molar-refractivity contribution in [3.05, 3.63) is 36.0 Å². The van der Waals surface area contributed by atoms with Crippen molar-refractivity contribution in [2.45, 2.75) is 13.0 Å². The third-order valence-corrected chi connectivity index (χ3v) is 2.74. The third-order valence-electron chi connectivity index (χ3n) is 2.74. The molecule has 21 heavy (non-hydrogen) atoms. The number of carbonyl (C=O) groups is 1. The Morgan fingerprint density at radius 3 is 2.38 bits per heavy atom. The van der Waals surface area contributed by atoms with E-state index in [-0.39, 0.29) is 36.3 Å². The lowest BCUT2D eigenvalue weighted by Crippen LogP contribution is -2.12. The summed E-state index contributed by atoms with van der Waals surface area (Å²) in [5, 5.41) is 22.6. The first-order chi connectivity index (χ1) is 9.11. The number of aromatic nitrogens is 2. The van der Waals surface area contributed by atoms with E-state index in [4.69, 9.17) is 10.8 Å². The predicted octanol–water partition coefficient (Wildman–Crippen LogP) is 2.15. The number of benzene rings is 1. The summed E-state index contributed by atoms with van der Waals surface area (Å²) in [4.78, 5) is 11.2. The molecule has 0 saturated heterocycles. The molecule has 0 atom stereocenters. The molecule has 0 saturated carbocycles. The van der Waals surface area contributed by atoms with Crippen molar-refractivity contribution < 1.29 is 15.0 Å². The summed E-state index contributed by atoms with van der Waals surface area (Å²) >= 11 is 0. The Kier molecular flexibility index (Phi) is 7.80. The van der Waals surface area contributed by atoms with Crippen LogP contribution in [0.5, 0.6) is 5.75 Å². The molecule has 0 bridgehead atoms. The lowest BCUT2D eigenvalue weighted by atomic mass is 10.1. The van der Waals surface area contributed by atoms with E-state index in [9.17, 15) is 9.90 Å². The fourth-order valence-electron chi connectivity index (χ4n) is 1.77. The third kappa shape index (κ3) is 4.63. The number of phenolic OH excluding ortho intramolecular Hbond substituents is 1. The lowest BCUT2D eigenvalue weighted by molar-refractivity contribution is 0.0683. The van der Waals surface area contributed by atoms with E-state index in [0.29, 0.717) is 25.2 Å². The quantitative estimate of drug-likeness (QED) is 0.778. The van der Waals surface area contributed by atoms with E-state index < -0.39 is 5.97 Å². The number of nitrogens with two attached hydrogens (primary N) is 1. The molecule has 1 aromatic carbocycles. The molecule has 0 unspecified atom stereocenters. The van der Waals surface area contributed by atoms with Crippen molar-refractivity contribution >= 4 is 30.8 Å². The molecule has 6 nitrogen and oxygen atoms in total. The van der Waals surface area contributed by atoms with Gasteiger partial charge in [0.1, 0.15) is 11.4 Å². The first kappa shape index (κ1) is 19.2. The molecule has 0 aliphatic carbocycles. The van der Waals surface area contributed by atoms with Gasteiger partial charge in [-0.15, -0.1) is 24.8 Å². The number of rotatable bonds is 5. The molecule has 0 aliphatic heterocycles. The minimum Gasteiger partial charge on any atom is -0.508 e. The van der Waals surface area contributed by atoms with E-state index in [2.05, 4.69) is 5.10 Å². The van der Waals surface area contributed by atoms with Gasteiger partial charge in [-0.2, -0.15) is 5.10 Å². The van der Waals surface area contributed by atoms with E-state index in [1.54, 1.807) is 12.1 Å². The van der Waals surface area contributed by atoms with Gasteiger partial charge < -0.3 is 15.9 Å². The summed E-state index contributed by atoms with van der Waals surface area (Å²) < 4.78 is 1.44. The monoisotopic (exact) mass is 333 g/mol. The number of nitrogens with zero attached hydrogens (tertiary/aromatic N) is 2. The smallest absolute Gasteiger partial charge is 0.354 e. The van der Waals surface area contributed by atoms with Crippen LogP contribution in [0.4, 0.5) is 0 Å². The minimum atomic E-state index is -1.02. The number of aromatic hydroxyl groups is 1. The first-order valence-corrected chi connectivity index (χ1v) is 5.92. The van der Waals surface area contributed by atoms with Gasteiger partial charge in [-0.1, -0.05) is 0 Å². The highest BCUT2D eigenvalue weighted by Gasteiger charge is 2.14. The maximum Gasteiger partial charge on any atom is 0.354 e. The predicted molar refractivity (Wildman–Crippen MR) is 84.5 cm³/mol. The van der Waals surface area contributed by atoms with Crippen LogP contribution in [-0.4, -0.2) is 32.5 Å². The Balaban J connectivity index is 0.00000200. The Bertz CT molecular complexity index is 585. The summed E-state index contributed by atoms with van der Waals surface area (Å²) in [6.07, 6.45) is 0.664. The van der Waals surface area contributed by atoms with Gasteiger partial charge in [0, 0.05) is 12.1 Å². The van der Waals surface area contributed by atoms with Crippen molar-refractivity contribution in [1.82, 2.24) is 9.78 Å². The molecule has 1 heterocycles. The second kappa shape index (κ2) is 8.51. The number of phenols is 1. The van der Waals surface area contributed by atoms with Gasteiger partial charge in [0.15, 0.2) is 0 Å². The number of carboxylic acids is 1. The van der Waals surface area contributed by atoms with Gasteiger partial charge in [0.05, 0.1) is 5.69 Å². The summed E-state index contributed by atoms with van der Waals surface area (Å²) in [7, 11) is 0. The Hall–Kier alpha value is -1.76. The second-order valence-corrected chi connectivity index (χ2v) is 4.13. The normalized spacial score (nSPS) is 9.57. The summed E-state index contributed by atoms with van der Waals surface area (Å²) in [5.74, 6) is -0.862. The maximum absolute atomic E-state index is 11.2. The highest BCUT2D eigenvalue weighted by Crippen LogP contribution is 2.21. The van der Waals surface area contributed by atoms with Crippen LogP contribution in [-0.2, 0) is 6.54 Å². The molecule has 0 fully saturated rings. The van der Waals surface area contributed by atoms with Crippen LogP contribution in [0.15, 0.2) is 30.3 Å². The van der Waals surface area contributed by atoms with Crippen molar-refractivity contribution in [3.63, 3.8) is 0 Å². The highest BCUT2D eigenvalue weighted by molar-refractivity contribution is 5.87. The SMILES string of the molecule is Cl.Cl.NCCCn1nc(-c2ccc(O)cc2)cc1C(=O)O. The van der Waals surface area contributed by atoms with E-state index in [1.807, 2.05) is 0 Å². The molecular formula is C13H17Cl2N3O3. The van der Waals surface area contributed by atoms with Gasteiger partial charge in [0.25, 0.3) is 0 Å². The Morgan fingerprint density at radius 1 is 1.24 bits per heavy atom. The Labute approximate surface area is 134 Å². The van der Waals surface area contributed by atoms with E-state index in [1.165, 1.54) is 22.9 Å². The van der Waals surface area contributed by atoms with E-state index >= 15 is 0 Å². The van der Waals surface area contributed by atoms with Crippen LogP contribution in [0, 0.1) is 0 Å². The number of halogens is 2. The average Bonchev–Trinajstić information content (AvgIpc) is 2.81. The van der Waals surface area contributed by atoms with Crippen molar-refractivity contribution in [3.8, 4) is 17.0 Å². The molecule has 8 heteroatoms. The standard InChI is InChI=1S/C13H15N3O3.2ClH/c14-6-1-7-16-12(13(18)19)8-11(15-16)9-2-4-10(17)5-3-9;;/h2-5,8,17H,1,6-7,14H2,(H,18,19);2*1H. The minimum absolute atomic E-state index is 0. The highest BCUT2D eigenvalue weighted by atomic mass is 35.5. The van der Waals surface area contributed by atoms with Gasteiger partial charge in [-0.05, 0) is 43.3 Å². The van der Waals surface area contributed by atoms with Crippen LogP contribution >= 0.6 is 24.8 Å². The molecular weight excluding hydrogens is 317 g/mol. The number of carboxylic acid groups (broad SMARTS) is 1. The number of aryl methyl sites for hydroxylation is 1. The van der Waals surface area contributed by atoms with E-state index in [0.717, 1.165) is 5.56 Å². The zero-order valence-corrected chi connectivity index (χ0v) is 12.7. The number of hydrogen-bond donors (Lipinski definition) is 3. The fourth-order valence-corrected chi connectivity index (χ4v) is 1.77. The van der Waals surface area contributed by atoms with Gasteiger partial charge in [-0.3, -0.25) is 4.68 Å². The first-order valence-electron chi connectivity index (χ1n) is 5.92. The molecule has 2 aromatic rings. The van der Waals surface area contributed by atoms with Gasteiger partial charge >= 0.3 is 5.97 Å². The topological polar surface area (TPSA) is 101 Å². The van der Waals surface area contributed by atoms with Crippen molar-refractivity contribution in [2.75, 3.05) is 6.54 Å².